The first-order chi connectivity index (χ1) is 15.1. The van der Waals surface area contributed by atoms with Gasteiger partial charge in [-0.3, -0.25) is 9.59 Å². The number of unbranched alkanes of at least 4 members (excludes halogenated alkanes) is 2. The summed E-state index contributed by atoms with van der Waals surface area (Å²) in [4.78, 5) is 25.4. The zero-order valence-corrected chi connectivity index (χ0v) is 19.0. The molecule has 0 aromatic heterocycles. The van der Waals surface area contributed by atoms with E-state index in [0.717, 1.165) is 38.5 Å². The lowest BCUT2D eigenvalue weighted by atomic mass is 9.98. The fourth-order valence-corrected chi connectivity index (χ4v) is 4.44. The average Bonchev–Trinajstić information content (AvgIpc) is 3.11. The minimum atomic E-state index is -0.808. The molecule has 0 aliphatic heterocycles. The van der Waals surface area contributed by atoms with Crippen molar-refractivity contribution >= 4 is 11.9 Å². The Bertz CT molecular complexity index is 846. The summed E-state index contributed by atoms with van der Waals surface area (Å²) in [6.45, 7) is 6.18. The van der Waals surface area contributed by atoms with Crippen molar-refractivity contribution in [3.05, 3.63) is 59.7 Å². The molecule has 31 heavy (non-hydrogen) atoms. The highest BCUT2D eigenvalue weighted by atomic mass is 16.5. The number of fused-ring (bicyclic) bond motifs is 3. The van der Waals surface area contributed by atoms with Crippen molar-refractivity contribution in [1.29, 1.82) is 0 Å². The molecule has 4 nitrogen and oxygen atoms in total. The van der Waals surface area contributed by atoms with Crippen molar-refractivity contribution in [2.45, 2.75) is 71.3 Å². The van der Waals surface area contributed by atoms with Gasteiger partial charge in [-0.15, -0.1) is 0 Å². The lowest BCUT2D eigenvalue weighted by molar-refractivity contribution is -0.152. The summed E-state index contributed by atoms with van der Waals surface area (Å²) in [7, 11) is 0. The van der Waals surface area contributed by atoms with Gasteiger partial charge in [-0.05, 0) is 42.0 Å². The third kappa shape index (κ3) is 5.55. The predicted molar refractivity (Wildman–Crippen MR) is 125 cm³/mol. The Morgan fingerprint density at radius 1 is 0.903 bits per heavy atom. The SMILES string of the molecule is CCCCCC(CCC)NC(=O)C(C)C(=O)OCC1c2ccccc2-c2ccccc21. The van der Waals surface area contributed by atoms with Crippen LogP contribution < -0.4 is 5.32 Å². The van der Waals surface area contributed by atoms with E-state index in [1.165, 1.54) is 22.3 Å². The van der Waals surface area contributed by atoms with E-state index in [9.17, 15) is 9.59 Å². The second kappa shape index (κ2) is 11.1. The van der Waals surface area contributed by atoms with Gasteiger partial charge in [-0.1, -0.05) is 88.1 Å². The Kier molecular flexibility index (Phi) is 8.27. The van der Waals surface area contributed by atoms with Gasteiger partial charge in [0.25, 0.3) is 0 Å². The Labute approximate surface area is 186 Å². The third-order valence-electron chi connectivity index (χ3n) is 6.24. The molecular formula is C27H35NO3. The van der Waals surface area contributed by atoms with Crippen LogP contribution in [0.5, 0.6) is 0 Å². The molecule has 3 rings (SSSR count). The van der Waals surface area contributed by atoms with Crippen molar-refractivity contribution in [3.63, 3.8) is 0 Å². The molecular weight excluding hydrogens is 386 g/mol. The molecule has 4 heteroatoms. The maximum absolute atomic E-state index is 12.7. The number of ether oxygens (including phenoxy) is 1. The highest BCUT2D eigenvalue weighted by Gasteiger charge is 2.31. The maximum atomic E-state index is 12.7. The average molecular weight is 422 g/mol. The van der Waals surface area contributed by atoms with E-state index >= 15 is 0 Å². The molecule has 0 saturated heterocycles. The number of carbonyl (C=O) groups excluding carboxylic acids is 2. The molecule has 0 bridgehead atoms. The van der Waals surface area contributed by atoms with E-state index in [2.05, 4.69) is 43.4 Å². The summed E-state index contributed by atoms with van der Waals surface area (Å²) < 4.78 is 5.66. The number of esters is 1. The van der Waals surface area contributed by atoms with Crippen LogP contribution in [0.3, 0.4) is 0 Å². The standard InChI is InChI=1S/C27H35NO3/c1-4-6-7-13-20(12-5-2)28-26(29)19(3)27(30)31-18-25-23-16-10-8-14-21(23)22-15-9-11-17-24(22)25/h8-11,14-17,19-20,25H,4-7,12-13,18H2,1-3H3,(H,28,29). The number of rotatable bonds is 11. The highest BCUT2D eigenvalue weighted by Crippen LogP contribution is 2.44. The molecule has 1 amide bonds. The van der Waals surface area contributed by atoms with Crippen molar-refractivity contribution in [3.8, 4) is 11.1 Å². The Morgan fingerprint density at radius 3 is 2.10 bits per heavy atom. The van der Waals surface area contributed by atoms with Gasteiger partial charge in [0.15, 0.2) is 0 Å². The molecule has 1 aliphatic carbocycles. The first-order valence-electron chi connectivity index (χ1n) is 11.7. The topological polar surface area (TPSA) is 55.4 Å². The molecule has 0 saturated carbocycles. The molecule has 0 fully saturated rings. The summed E-state index contributed by atoms with van der Waals surface area (Å²) >= 11 is 0. The first-order valence-corrected chi connectivity index (χ1v) is 11.7. The van der Waals surface area contributed by atoms with Crippen molar-refractivity contribution in [2.75, 3.05) is 6.61 Å². The lowest BCUT2D eigenvalue weighted by Crippen LogP contribution is -2.41. The summed E-state index contributed by atoms with van der Waals surface area (Å²) in [6, 6.07) is 16.6. The Hall–Kier alpha value is -2.62. The normalized spacial score (nSPS) is 14.4. The van der Waals surface area contributed by atoms with Crippen LogP contribution in [-0.4, -0.2) is 24.5 Å². The van der Waals surface area contributed by atoms with E-state index in [0.29, 0.717) is 0 Å². The molecule has 0 heterocycles. The van der Waals surface area contributed by atoms with E-state index < -0.39 is 11.9 Å². The summed E-state index contributed by atoms with van der Waals surface area (Å²) in [5, 5.41) is 3.08. The van der Waals surface area contributed by atoms with Crippen LogP contribution in [-0.2, 0) is 14.3 Å². The van der Waals surface area contributed by atoms with Crippen molar-refractivity contribution in [2.24, 2.45) is 5.92 Å². The van der Waals surface area contributed by atoms with Crippen LogP contribution in [0.15, 0.2) is 48.5 Å². The Balaban J connectivity index is 1.59. The van der Waals surface area contributed by atoms with Crippen LogP contribution in [0.4, 0.5) is 0 Å². The minimum Gasteiger partial charge on any atom is -0.464 e. The maximum Gasteiger partial charge on any atom is 0.318 e. The number of nitrogens with one attached hydrogen (secondary N) is 1. The van der Waals surface area contributed by atoms with Gasteiger partial charge in [0.2, 0.25) is 5.91 Å². The van der Waals surface area contributed by atoms with Crippen molar-refractivity contribution in [1.82, 2.24) is 5.32 Å². The second-order valence-corrected chi connectivity index (χ2v) is 8.57. The molecule has 0 radical (unpaired) electrons. The predicted octanol–water partition coefficient (Wildman–Crippen LogP) is 5.84. The first kappa shape index (κ1) is 23.1. The van der Waals surface area contributed by atoms with E-state index in [1.54, 1.807) is 6.92 Å². The monoisotopic (exact) mass is 421 g/mol. The highest BCUT2D eigenvalue weighted by molar-refractivity contribution is 5.97. The zero-order valence-electron chi connectivity index (χ0n) is 19.0. The number of benzene rings is 2. The molecule has 0 spiro atoms. The largest absolute Gasteiger partial charge is 0.464 e. The molecule has 2 unspecified atom stereocenters. The van der Waals surface area contributed by atoms with Gasteiger partial charge < -0.3 is 10.1 Å². The number of hydrogen-bond donors (Lipinski definition) is 1. The number of hydrogen-bond acceptors (Lipinski definition) is 3. The van der Waals surface area contributed by atoms with Gasteiger partial charge in [0.05, 0.1) is 0 Å². The molecule has 2 atom stereocenters. The van der Waals surface area contributed by atoms with Crippen LogP contribution in [0.1, 0.15) is 76.3 Å². The number of carbonyl (C=O) groups is 2. The molecule has 166 valence electrons. The fraction of sp³-hybridized carbons (Fsp3) is 0.481. The van der Waals surface area contributed by atoms with E-state index in [1.807, 2.05) is 24.3 Å². The van der Waals surface area contributed by atoms with E-state index in [-0.39, 0.29) is 24.5 Å². The van der Waals surface area contributed by atoms with Crippen LogP contribution in [0, 0.1) is 5.92 Å². The van der Waals surface area contributed by atoms with Gasteiger partial charge in [0, 0.05) is 12.0 Å². The molecule has 1 N–H and O–H groups in total. The van der Waals surface area contributed by atoms with Crippen LogP contribution in [0.25, 0.3) is 11.1 Å². The Morgan fingerprint density at radius 2 is 1.52 bits per heavy atom. The van der Waals surface area contributed by atoms with Crippen molar-refractivity contribution < 1.29 is 14.3 Å². The van der Waals surface area contributed by atoms with Gasteiger partial charge >= 0.3 is 5.97 Å². The molecule has 2 aromatic carbocycles. The summed E-state index contributed by atoms with van der Waals surface area (Å²) in [5.41, 5.74) is 4.74. The molecule has 2 aromatic rings. The van der Waals surface area contributed by atoms with Crippen LogP contribution >= 0.6 is 0 Å². The molecule has 1 aliphatic rings. The van der Waals surface area contributed by atoms with Gasteiger partial charge in [0.1, 0.15) is 12.5 Å². The third-order valence-corrected chi connectivity index (χ3v) is 6.24. The quantitative estimate of drug-likeness (QED) is 0.282. The lowest BCUT2D eigenvalue weighted by Gasteiger charge is -2.21. The number of amides is 1. The van der Waals surface area contributed by atoms with Gasteiger partial charge in [-0.25, -0.2) is 0 Å². The summed E-state index contributed by atoms with van der Waals surface area (Å²) in [6.07, 6.45) is 6.33. The zero-order chi connectivity index (χ0) is 22.2. The van der Waals surface area contributed by atoms with E-state index in [4.69, 9.17) is 4.74 Å². The summed E-state index contributed by atoms with van der Waals surface area (Å²) in [5.74, 6) is -1.48. The van der Waals surface area contributed by atoms with Crippen LogP contribution in [0.2, 0.25) is 0 Å². The second-order valence-electron chi connectivity index (χ2n) is 8.57. The minimum absolute atomic E-state index is 0.00787. The van der Waals surface area contributed by atoms with Gasteiger partial charge in [-0.2, -0.15) is 0 Å². The smallest absolute Gasteiger partial charge is 0.318 e. The fourth-order valence-electron chi connectivity index (χ4n) is 4.44.